The Balaban J connectivity index is 2.49. The molecule has 15 heavy (non-hydrogen) atoms. The molecule has 0 aliphatic heterocycles. The highest BCUT2D eigenvalue weighted by Crippen LogP contribution is 2.35. The Labute approximate surface area is 112 Å². The lowest BCUT2D eigenvalue weighted by atomic mass is 10.0. The highest BCUT2D eigenvalue weighted by molar-refractivity contribution is 14.1. The first kappa shape index (κ1) is 11.4. The zero-order valence-corrected chi connectivity index (χ0v) is 12.0. The van der Waals surface area contributed by atoms with Gasteiger partial charge in [0.25, 0.3) is 0 Å². The van der Waals surface area contributed by atoms with Gasteiger partial charge < -0.3 is 0 Å². The van der Waals surface area contributed by atoms with Crippen LogP contribution in [0.1, 0.15) is 12.5 Å². The minimum atomic E-state index is 0.858. The molecule has 2 aromatic rings. The molecule has 0 radical (unpaired) electrons. The summed E-state index contributed by atoms with van der Waals surface area (Å²) in [5, 5.41) is 0. The molecule has 0 N–H and O–H groups in total. The van der Waals surface area contributed by atoms with E-state index in [1.165, 1.54) is 19.6 Å². The van der Waals surface area contributed by atoms with Crippen molar-refractivity contribution in [3.05, 3.63) is 43.1 Å². The SMILES string of the molecule is CCc1cccc(-c2cc(Cl)sc2I)c1. The molecule has 0 unspecified atom stereocenters. The van der Waals surface area contributed by atoms with Gasteiger partial charge in [0, 0.05) is 5.56 Å². The second-order valence-electron chi connectivity index (χ2n) is 3.29. The van der Waals surface area contributed by atoms with Gasteiger partial charge in [-0.3, -0.25) is 0 Å². The first-order valence-electron chi connectivity index (χ1n) is 4.75. The van der Waals surface area contributed by atoms with Crippen LogP contribution in [-0.4, -0.2) is 0 Å². The van der Waals surface area contributed by atoms with Crippen molar-refractivity contribution in [1.82, 2.24) is 0 Å². The molecule has 0 aliphatic rings. The van der Waals surface area contributed by atoms with Crippen molar-refractivity contribution in [2.75, 3.05) is 0 Å². The van der Waals surface area contributed by atoms with Crippen molar-refractivity contribution in [1.29, 1.82) is 0 Å². The largest absolute Gasteiger partial charge is 0.117 e. The molecular weight excluding hydrogens is 339 g/mol. The standard InChI is InChI=1S/C12H10ClIS/c1-2-8-4-3-5-9(6-8)10-7-11(13)15-12(10)14/h3-7H,2H2,1H3. The van der Waals surface area contributed by atoms with E-state index in [1.54, 1.807) is 11.3 Å². The van der Waals surface area contributed by atoms with Crippen LogP contribution >= 0.6 is 45.5 Å². The first-order chi connectivity index (χ1) is 7.20. The summed E-state index contributed by atoms with van der Waals surface area (Å²) in [6, 6.07) is 10.7. The maximum atomic E-state index is 6.00. The molecule has 1 heterocycles. The van der Waals surface area contributed by atoms with Crippen molar-refractivity contribution in [3.8, 4) is 11.1 Å². The summed E-state index contributed by atoms with van der Waals surface area (Å²) in [5.74, 6) is 0. The van der Waals surface area contributed by atoms with Gasteiger partial charge in [-0.2, -0.15) is 0 Å². The second kappa shape index (κ2) is 4.85. The van der Waals surface area contributed by atoms with Gasteiger partial charge in [-0.1, -0.05) is 42.8 Å². The topological polar surface area (TPSA) is 0 Å². The van der Waals surface area contributed by atoms with Crippen LogP contribution in [0.5, 0.6) is 0 Å². The average molecular weight is 349 g/mol. The summed E-state index contributed by atoms with van der Waals surface area (Å²) in [4.78, 5) is 0. The quantitative estimate of drug-likeness (QED) is 0.651. The van der Waals surface area contributed by atoms with Crippen molar-refractivity contribution in [2.24, 2.45) is 0 Å². The molecular formula is C12H10ClIS. The number of halogens is 2. The minimum Gasteiger partial charge on any atom is -0.117 e. The van der Waals surface area contributed by atoms with Crippen LogP contribution in [0.2, 0.25) is 4.34 Å². The Kier molecular flexibility index (Phi) is 3.69. The third kappa shape index (κ3) is 2.55. The van der Waals surface area contributed by atoms with Crippen LogP contribution in [0.3, 0.4) is 0 Å². The monoisotopic (exact) mass is 348 g/mol. The third-order valence-electron chi connectivity index (χ3n) is 2.30. The first-order valence-corrected chi connectivity index (χ1v) is 7.02. The fourth-order valence-electron chi connectivity index (χ4n) is 1.50. The molecule has 0 nitrogen and oxygen atoms in total. The van der Waals surface area contributed by atoms with E-state index in [0.717, 1.165) is 10.8 Å². The van der Waals surface area contributed by atoms with E-state index in [2.05, 4.69) is 53.8 Å². The summed E-state index contributed by atoms with van der Waals surface area (Å²) in [7, 11) is 0. The lowest BCUT2D eigenvalue weighted by molar-refractivity contribution is 1.14. The predicted molar refractivity (Wildman–Crippen MR) is 76.9 cm³/mol. The summed E-state index contributed by atoms with van der Waals surface area (Å²) in [6.07, 6.45) is 1.07. The minimum absolute atomic E-state index is 0.858. The molecule has 2 rings (SSSR count). The van der Waals surface area contributed by atoms with Gasteiger partial charge >= 0.3 is 0 Å². The summed E-state index contributed by atoms with van der Waals surface area (Å²) < 4.78 is 2.11. The van der Waals surface area contributed by atoms with E-state index in [-0.39, 0.29) is 0 Å². The molecule has 0 fully saturated rings. The Bertz CT molecular complexity index is 476. The molecule has 0 atom stereocenters. The van der Waals surface area contributed by atoms with Crippen LogP contribution in [0.4, 0.5) is 0 Å². The van der Waals surface area contributed by atoms with E-state index >= 15 is 0 Å². The highest BCUT2D eigenvalue weighted by atomic mass is 127. The summed E-state index contributed by atoms with van der Waals surface area (Å²) in [5.41, 5.74) is 3.88. The van der Waals surface area contributed by atoms with Crippen molar-refractivity contribution in [2.45, 2.75) is 13.3 Å². The lowest BCUT2D eigenvalue weighted by Crippen LogP contribution is -1.81. The normalized spacial score (nSPS) is 10.6. The summed E-state index contributed by atoms with van der Waals surface area (Å²) in [6.45, 7) is 2.17. The summed E-state index contributed by atoms with van der Waals surface area (Å²) >= 11 is 9.98. The third-order valence-corrected chi connectivity index (χ3v) is 4.60. The molecule has 1 aromatic carbocycles. The number of thiophene rings is 1. The molecule has 1 aromatic heterocycles. The maximum absolute atomic E-state index is 6.00. The number of rotatable bonds is 2. The van der Waals surface area contributed by atoms with E-state index < -0.39 is 0 Å². The number of hydrogen-bond acceptors (Lipinski definition) is 1. The maximum Gasteiger partial charge on any atom is 0.0946 e. The van der Waals surface area contributed by atoms with Crippen LogP contribution in [0.25, 0.3) is 11.1 Å². The number of aryl methyl sites for hydroxylation is 1. The van der Waals surface area contributed by atoms with Crippen LogP contribution < -0.4 is 0 Å². The number of hydrogen-bond donors (Lipinski definition) is 0. The number of benzene rings is 1. The van der Waals surface area contributed by atoms with Crippen LogP contribution in [0, 0.1) is 2.88 Å². The van der Waals surface area contributed by atoms with Crippen LogP contribution in [0.15, 0.2) is 30.3 Å². The Morgan fingerprint density at radius 1 is 1.33 bits per heavy atom. The Morgan fingerprint density at radius 2 is 2.13 bits per heavy atom. The van der Waals surface area contributed by atoms with E-state index in [4.69, 9.17) is 11.6 Å². The molecule has 0 bridgehead atoms. The van der Waals surface area contributed by atoms with E-state index in [0.29, 0.717) is 0 Å². The molecule has 78 valence electrons. The Morgan fingerprint density at radius 3 is 2.73 bits per heavy atom. The molecule has 0 amide bonds. The predicted octanol–water partition coefficient (Wildman–Crippen LogP) is 5.24. The van der Waals surface area contributed by atoms with Crippen molar-refractivity contribution < 1.29 is 0 Å². The average Bonchev–Trinajstić information content (AvgIpc) is 2.58. The van der Waals surface area contributed by atoms with Crippen LogP contribution in [-0.2, 0) is 6.42 Å². The second-order valence-corrected chi connectivity index (χ2v) is 6.79. The fraction of sp³-hybridized carbons (Fsp3) is 0.167. The zero-order valence-electron chi connectivity index (χ0n) is 8.26. The molecule has 0 aliphatic carbocycles. The Hall–Kier alpha value is -0.0600. The van der Waals surface area contributed by atoms with Gasteiger partial charge in [-0.15, -0.1) is 11.3 Å². The van der Waals surface area contributed by atoms with E-state index in [1.807, 2.05) is 6.07 Å². The van der Waals surface area contributed by atoms with Gasteiger partial charge in [-0.25, -0.2) is 0 Å². The lowest BCUT2D eigenvalue weighted by Gasteiger charge is -2.02. The molecule has 3 heteroatoms. The van der Waals surface area contributed by atoms with Gasteiger partial charge in [0.15, 0.2) is 0 Å². The van der Waals surface area contributed by atoms with Crippen molar-refractivity contribution in [3.63, 3.8) is 0 Å². The van der Waals surface area contributed by atoms with Gasteiger partial charge in [-0.05, 0) is 46.2 Å². The molecule has 0 saturated carbocycles. The van der Waals surface area contributed by atoms with Crippen molar-refractivity contribution >= 4 is 45.5 Å². The molecule has 0 saturated heterocycles. The van der Waals surface area contributed by atoms with Gasteiger partial charge in [0.2, 0.25) is 0 Å². The fourth-order valence-corrected chi connectivity index (χ4v) is 4.04. The molecule has 0 spiro atoms. The van der Waals surface area contributed by atoms with Gasteiger partial charge in [0.1, 0.15) is 0 Å². The smallest absolute Gasteiger partial charge is 0.0946 e. The zero-order chi connectivity index (χ0) is 10.8. The van der Waals surface area contributed by atoms with Gasteiger partial charge in [0.05, 0.1) is 7.22 Å². The highest BCUT2D eigenvalue weighted by Gasteiger charge is 2.07. The van der Waals surface area contributed by atoms with E-state index in [9.17, 15) is 0 Å².